The molecule has 0 radical (unpaired) electrons. The van der Waals surface area contributed by atoms with Crippen molar-refractivity contribution in [2.45, 2.75) is 27.2 Å². The standard InChI is InChI=1S/C19H20N4O2/c1-12-6-5-9-23-17(13(2)20-19(12)23)11-18(25)22-16-8-4-7-15(10-16)21-14(3)24/h4-10H,11H2,1-3H3,(H,21,24)(H,22,25). The predicted molar refractivity (Wildman–Crippen MR) is 97.7 cm³/mol. The Labute approximate surface area is 145 Å². The van der Waals surface area contributed by atoms with Gasteiger partial charge in [-0.1, -0.05) is 12.1 Å². The SMILES string of the molecule is CC(=O)Nc1cccc(NC(=O)Cc2c(C)nc3c(C)cccn23)c1. The minimum absolute atomic E-state index is 0.133. The lowest BCUT2D eigenvalue weighted by Crippen LogP contribution is -2.16. The van der Waals surface area contributed by atoms with E-state index < -0.39 is 0 Å². The number of imidazole rings is 1. The fourth-order valence-electron chi connectivity index (χ4n) is 2.81. The number of carbonyl (C=O) groups excluding carboxylic acids is 2. The highest BCUT2D eigenvalue weighted by molar-refractivity contribution is 5.94. The van der Waals surface area contributed by atoms with Gasteiger partial charge in [-0.15, -0.1) is 0 Å². The lowest BCUT2D eigenvalue weighted by molar-refractivity contribution is -0.116. The van der Waals surface area contributed by atoms with Crippen LogP contribution in [-0.4, -0.2) is 21.2 Å². The van der Waals surface area contributed by atoms with Crippen molar-refractivity contribution in [1.29, 1.82) is 0 Å². The van der Waals surface area contributed by atoms with Crippen LogP contribution in [0.3, 0.4) is 0 Å². The summed E-state index contributed by atoms with van der Waals surface area (Å²) in [7, 11) is 0. The molecule has 2 heterocycles. The number of fused-ring (bicyclic) bond motifs is 1. The Hall–Kier alpha value is -3.15. The fraction of sp³-hybridized carbons (Fsp3) is 0.211. The molecule has 0 aliphatic heterocycles. The third-order valence-corrected chi connectivity index (χ3v) is 3.94. The molecule has 25 heavy (non-hydrogen) atoms. The zero-order valence-corrected chi connectivity index (χ0v) is 14.5. The number of aromatic nitrogens is 2. The highest BCUT2D eigenvalue weighted by Crippen LogP contribution is 2.18. The smallest absolute Gasteiger partial charge is 0.230 e. The minimum atomic E-state index is -0.153. The van der Waals surface area contributed by atoms with Crippen LogP contribution in [0, 0.1) is 13.8 Å². The third kappa shape index (κ3) is 3.68. The second kappa shape index (κ2) is 6.76. The van der Waals surface area contributed by atoms with Crippen LogP contribution >= 0.6 is 0 Å². The average Bonchev–Trinajstić information content (AvgIpc) is 2.85. The van der Waals surface area contributed by atoms with Gasteiger partial charge in [0.2, 0.25) is 11.8 Å². The summed E-state index contributed by atoms with van der Waals surface area (Å²) in [5, 5.41) is 5.57. The van der Waals surface area contributed by atoms with Crippen LogP contribution in [0.25, 0.3) is 5.65 Å². The number of rotatable bonds is 4. The van der Waals surface area contributed by atoms with Gasteiger partial charge in [-0.05, 0) is 43.7 Å². The fourth-order valence-corrected chi connectivity index (χ4v) is 2.81. The zero-order valence-electron chi connectivity index (χ0n) is 14.5. The van der Waals surface area contributed by atoms with Crippen molar-refractivity contribution in [3.8, 4) is 0 Å². The lowest BCUT2D eigenvalue weighted by Gasteiger charge is -2.08. The number of aryl methyl sites for hydroxylation is 2. The Balaban J connectivity index is 1.79. The van der Waals surface area contributed by atoms with E-state index in [9.17, 15) is 9.59 Å². The largest absolute Gasteiger partial charge is 0.326 e. The Morgan fingerprint density at radius 2 is 1.80 bits per heavy atom. The highest BCUT2D eigenvalue weighted by Gasteiger charge is 2.14. The van der Waals surface area contributed by atoms with E-state index in [-0.39, 0.29) is 18.2 Å². The monoisotopic (exact) mass is 336 g/mol. The van der Waals surface area contributed by atoms with Crippen LogP contribution in [0.5, 0.6) is 0 Å². The molecule has 6 heteroatoms. The number of pyridine rings is 1. The quantitative estimate of drug-likeness (QED) is 0.769. The summed E-state index contributed by atoms with van der Waals surface area (Å²) in [6.45, 7) is 5.35. The molecule has 0 aliphatic carbocycles. The maximum Gasteiger partial charge on any atom is 0.230 e. The summed E-state index contributed by atoms with van der Waals surface area (Å²) in [5.41, 5.74) is 4.94. The molecule has 0 saturated carbocycles. The Kier molecular flexibility index (Phi) is 4.52. The lowest BCUT2D eigenvalue weighted by atomic mass is 10.2. The van der Waals surface area contributed by atoms with Crippen LogP contribution in [0.2, 0.25) is 0 Å². The molecule has 2 amide bonds. The van der Waals surface area contributed by atoms with Gasteiger partial charge in [0, 0.05) is 24.5 Å². The molecule has 0 unspecified atom stereocenters. The molecule has 0 atom stereocenters. The molecule has 1 aromatic carbocycles. The third-order valence-electron chi connectivity index (χ3n) is 3.94. The first-order valence-electron chi connectivity index (χ1n) is 8.04. The molecule has 3 rings (SSSR count). The molecule has 0 bridgehead atoms. The van der Waals surface area contributed by atoms with Crippen molar-refractivity contribution < 1.29 is 9.59 Å². The van der Waals surface area contributed by atoms with E-state index in [1.807, 2.05) is 36.6 Å². The molecule has 0 fully saturated rings. The predicted octanol–water partition coefficient (Wildman–Crippen LogP) is 3.09. The van der Waals surface area contributed by atoms with Gasteiger partial charge in [0.1, 0.15) is 5.65 Å². The number of benzene rings is 1. The van der Waals surface area contributed by atoms with Crippen molar-refractivity contribution in [3.05, 3.63) is 59.5 Å². The van der Waals surface area contributed by atoms with Crippen molar-refractivity contribution in [3.63, 3.8) is 0 Å². The maximum atomic E-state index is 12.5. The van der Waals surface area contributed by atoms with E-state index in [4.69, 9.17) is 0 Å². The Morgan fingerprint density at radius 1 is 1.08 bits per heavy atom. The zero-order chi connectivity index (χ0) is 18.0. The van der Waals surface area contributed by atoms with E-state index in [2.05, 4.69) is 15.6 Å². The summed E-state index contributed by atoms with van der Waals surface area (Å²) in [4.78, 5) is 28.1. The molecule has 2 aromatic heterocycles. The van der Waals surface area contributed by atoms with Crippen molar-refractivity contribution in [2.75, 3.05) is 10.6 Å². The number of anilines is 2. The van der Waals surface area contributed by atoms with Crippen LogP contribution in [-0.2, 0) is 16.0 Å². The van der Waals surface area contributed by atoms with Crippen molar-refractivity contribution in [1.82, 2.24) is 9.38 Å². The van der Waals surface area contributed by atoms with Gasteiger partial charge < -0.3 is 15.0 Å². The van der Waals surface area contributed by atoms with E-state index in [0.717, 1.165) is 22.6 Å². The number of nitrogens with zero attached hydrogens (tertiary/aromatic N) is 2. The van der Waals surface area contributed by atoms with Gasteiger partial charge in [0.15, 0.2) is 0 Å². The van der Waals surface area contributed by atoms with Gasteiger partial charge in [-0.3, -0.25) is 9.59 Å². The molecule has 0 aliphatic rings. The van der Waals surface area contributed by atoms with Crippen molar-refractivity contribution >= 4 is 28.8 Å². The minimum Gasteiger partial charge on any atom is -0.326 e. The van der Waals surface area contributed by atoms with Crippen LogP contribution in [0.15, 0.2) is 42.6 Å². The number of nitrogens with one attached hydrogen (secondary N) is 2. The Bertz CT molecular complexity index is 959. The summed E-state index contributed by atoms with van der Waals surface area (Å²) in [6.07, 6.45) is 2.14. The van der Waals surface area contributed by atoms with Crippen LogP contribution < -0.4 is 10.6 Å². The first-order valence-corrected chi connectivity index (χ1v) is 8.04. The van der Waals surface area contributed by atoms with Gasteiger partial charge in [-0.25, -0.2) is 4.98 Å². The number of hydrogen-bond acceptors (Lipinski definition) is 3. The molecule has 0 spiro atoms. The van der Waals surface area contributed by atoms with E-state index in [1.54, 1.807) is 24.3 Å². The highest BCUT2D eigenvalue weighted by atomic mass is 16.2. The average molecular weight is 336 g/mol. The molecule has 3 aromatic rings. The topological polar surface area (TPSA) is 75.5 Å². The van der Waals surface area contributed by atoms with Crippen LogP contribution in [0.1, 0.15) is 23.9 Å². The summed E-state index contributed by atoms with van der Waals surface area (Å²) in [5.74, 6) is -0.286. The van der Waals surface area contributed by atoms with Crippen molar-refractivity contribution in [2.24, 2.45) is 0 Å². The number of hydrogen-bond donors (Lipinski definition) is 2. The normalized spacial score (nSPS) is 10.7. The Morgan fingerprint density at radius 3 is 2.52 bits per heavy atom. The molecule has 128 valence electrons. The van der Waals surface area contributed by atoms with E-state index in [1.165, 1.54) is 6.92 Å². The van der Waals surface area contributed by atoms with E-state index >= 15 is 0 Å². The second-order valence-electron chi connectivity index (χ2n) is 6.02. The van der Waals surface area contributed by atoms with Gasteiger partial charge in [-0.2, -0.15) is 0 Å². The second-order valence-corrected chi connectivity index (χ2v) is 6.02. The molecular formula is C19H20N4O2. The molecular weight excluding hydrogens is 316 g/mol. The summed E-state index contributed by atoms with van der Waals surface area (Å²) in [6, 6.07) is 11.0. The van der Waals surface area contributed by atoms with Gasteiger partial charge in [0.25, 0.3) is 0 Å². The van der Waals surface area contributed by atoms with Crippen LogP contribution in [0.4, 0.5) is 11.4 Å². The number of amides is 2. The van der Waals surface area contributed by atoms with Gasteiger partial charge >= 0.3 is 0 Å². The number of carbonyl (C=O) groups is 2. The first kappa shape index (κ1) is 16.7. The molecule has 2 N–H and O–H groups in total. The first-order chi connectivity index (χ1) is 11.9. The van der Waals surface area contributed by atoms with E-state index in [0.29, 0.717) is 11.4 Å². The van der Waals surface area contributed by atoms with Gasteiger partial charge in [0.05, 0.1) is 17.8 Å². The maximum absolute atomic E-state index is 12.5. The summed E-state index contributed by atoms with van der Waals surface area (Å²) >= 11 is 0. The molecule has 0 saturated heterocycles. The molecule has 6 nitrogen and oxygen atoms in total. The summed E-state index contributed by atoms with van der Waals surface area (Å²) < 4.78 is 1.96.